The summed E-state index contributed by atoms with van der Waals surface area (Å²) in [6.07, 6.45) is 3.52. The molecule has 1 N–H and O–H groups in total. The van der Waals surface area contributed by atoms with E-state index in [1.165, 1.54) is 0 Å². The monoisotopic (exact) mass is 347 g/mol. The number of hydrogen-bond donors (Lipinski definition) is 1. The molecule has 0 aromatic heterocycles. The van der Waals surface area contributed by atoms with Crippen molar-refractivity contribution < 1.29 is 19.4 Å². The Morgan fingerprint density at radius 1 is 1.44 bits per heavy atom. The molecule has 0 heterocycles. The van der Waals surface area contributed by atoms with Crippen molar-refractivity contribution in [2.45, 2.75) is 31.8 Å². The molecule has 0 saturated heterocycles. The van der Waals surface area contributed by atoms with E-state index in [9.17, 15) is 9.90 Å². The number of allylic oxidation sites excluding steroid dienone is 1. The SMILES string of the molecule is CCOC(=O)/C=C1\CCC(O)(c2cccc(OC)c2)C(CN(C)C)C1. The second-order valence-corrected chi connectivity index (χ2v) is 6.87. The van der Waals surface area contributed by atoms with Gasteiger partial charge in [0.05, 0.1) is 19.3 Å². The lowest BCUT2D eigenvalue weighted by Crippen LogP contribution is -2.43. The lowest BCUT2D eigenvalue weighted by atomic mass is 9.69. The summed E-state index contributed by atoms with van der Waals surface area (Å²) in [7, 11) is 5.62. The van der Waals surface area contributed by atoms with Gasteiger partial charge in [0.1, 0.15) is 5.75 Å². The number of methoxy groups -OCH3 is 1. The maximum Gasteiger partial charge on any atom is 0.330 e. The fourth-order valence-electron chi connectivity index (χ4n) is 3.55. The van der Waals surface area contributed by atoms with Gasteiger partial charge in [-0.05, 0) is 58.0 Å². The Balaban J connectivity index is 2.29. The first-order valence-corrected chi connectivity index (χ1v) is 8.77. The summed E-state index contributed by atoms with van der Waals surface area (Å²) in [4.78, 5) is 13.8. The van der Waals surface area contributed by atoms with Gasteiger partial charge in [0.25, 0.3) is 0 Å². The molecule has 0 spiro atoms. The predicted molar refractivity (Wildman–Crippen MR) is 97.5 cm³/mol. The zero-order valence-corrected chi connectivity index (χ0v) is 15.6. The number of esters is 1. The molecule has 5 heteroatoms. The fraction of sp³-hybridized carbons (Fsp3) is 0.550. The number of carbonyl (C=O) groups is 1. The van der Waals surface area contributed by atoms with E-state index in [-0.39, 0.29) is 11.9 Å². The van der Waals surface area contributed by atoms with E-state index in [0.29, 0.717) is 25.9 Å². The van der Waals surface area contributed by atoms with Crippen LogP contribution in [0, 0.1) is 5.92 Å². The second-order valence-electron chi connectivity index (χ2n) is 6.87. The molecule has 2 atom stereocenters. The van der Waals surface area contributed by atoms with Gasteiger partial charge in [-0.15, -0.1) is 0 Å². The standard InChI is InChI=1S/C20H29NO4/c1-5-25-19(22)12-15-9-10-20(23,17(11-15)14-21(2)3)16-7-6-8-18(13-16)24-4/h6-8,12-13,17,23H,5,9-11,14H2,1-4H3/b15-12+. The van der Waals surface area contributed by atoms with E-state index in [1.807, 2.05) is 38.4 Å². The summed E-state index contributed by atoms with van der Waals surface area (Å²) in [6, 6.07) is 7.64. The first-order valence-electron chi connectivity index (χ1n) is 8.77. The van der Waals surface area contributed by atoms with Crippen LogP contribution < -0.4 is 4.74 Å². The van der Waals surface area contributed by atoms with Crippen LogP contribution in [0.3, 0.4) is 0 Å². The number of nitrogens with zero attached hydrogens (tertiary/aromatic N) is 1. The Labute approximate surface area is 150 Å². The summed E-state index contributed by atoms with van der Waals surface area (Å²) in [5, 5.41) is 11.5. The number of aliphatic hydroxyl groups is 1. The Bertz CT molecular complexity index is 626. The van der Waals surface area contributed by atoms with Gasteiger partial charge in [-0.25, -0.2) is 4.79 Å². The van der Waals surface area contributed by atoms with Crippen LogP contribution in [0.15, 0.2) is 35.9 Å². The van der Waals surface area contributed by atoms with E-state index < -0.39 is 5.60 Å². The lowest BCUT2D eigenvalue weighted by molar-refractivity contribution is -0.137. The van der Waals surface area contributed by atoms with Crippen molar-refractivity contribution in [3.05, 3.63) is 41.5 Å². The molecular formula is C20H29NO4. The number of hydrogen-bond acceptors (Lipinski definition) is 5. The zero-order chi connectivity index (χ0) is 18.4. The zero-order valence-electron chi connectivity index (χ0n) is 15.6. The minimum atomic E-state index is -0.940. The number of rotatable bonds is 6. The van der Waals surface area contributed by atoms with Gasteiger partial charge in [0, 0.05) is 18.5 Å². The maximum absolute atomic E-state index is 11.8. The predicted octanol–water partition coefficient (Wildman–Crippen LogP) is 2.73. The molecule has 1 aliphatic rings. The second kappa shape index (κ2) is 8.50. The molecule has 1 aromatic carbocycles. The molecule has 25 heavy (non-hydrogen) atoms. The smallest absolute Gasteiger partial charge is 0.330 e. The van der Waals surface area contributed by atoms with Crippen LogP contribution in [-0.2, 0) is 15.1 Å². The normalized spacial score (nSPS) is 25.2. The lowest BCUT2D eigenvalue weighted by Gasteiger charge is -2.42. The number of benzene rings is 1. The third-order valence-electron chi connectivity index (χ3n) is 4.77. The van der Waals surface area contributed by atoms with E-state index in [4.69, 9.17) is 9.47 Å². The first-order chi connectivity index (χ1) is 11.9. The Morgan fingerprint density at radius 3 is 2.84 bits per heavy atom. The molecule has 138 valence electrons. The molecule has 2 rings (SSSR count). The third kappa shape index (κ3) is 4.83. The maximum atomic E-state index is 11.8. The molecular weight excluding hydrogens is 318 g/mol. The minimum Gasteiger partial charge on any atom is -0.497 e. The number of ether oxygens (including phenoxy) is 2. The first kappa shape index (κ1) is 19.5. The fourth-order valence-corrected chi connectivity index (χ4v) is 3.55. The highest BCUT2D eigenvalue weighted by Crippen LogP contribution is 2.44. The van der Waals surface area contributed by atoms with Crippen molar-refractivity contribution in [3.8, 4) is 5.75 Å². The molecule has 1 saturated carbocycles. The van der Waals surface area contributed by atoms with Gasteiger partial charge < -0.3 is 19.5 Å². The van der Waals surface area contributed by atoms with Crippen LogP contribution in [0.5, 0.6) is 5.75 Å². The molecule has 0 radical (unpaired) electrons. The molecule has 1 aromatic rings. The van der Waals surface area contributed by atoms with E-state index in [2.05, 4.69) is 4.90 Å². The summed E-state index contributed by atoms with van der Waals surface area (Å²) >= 11 is 0. The molecule has 1 aliphatic carbocycles. The van der Waals surface area contributed by atoms with Gasteiger partial charge in [-0.3, -0.25) is 0 Å². The molecule has 0 aliphatic heterocycles. The topological polar surface area (TPSA) is 59.0 Å². The third-order valence-corrected chi connectivity index (χ3v) is 4.77. The quantitative estimate of drug-likeness (QED) is 0.633. The Morgan fingerprint density at radius 2 is 2.20 bits per heavy atom. The van der Waals surface area contributed by atoms with Crippen LogP contribution >= 0.6 is 0 Å². The van der Waals surface area contributed by atoms with Crippen molar-refractivity contribution >= 4 is 5.97 Å². The summed E-state index contributed by atoms with van der Waals surface area (Å²) in [5.74, 6) is 0.430. The highest BCUT2D eigenvalue weighted by molar-refractivity contribution is 5.82. The van der Waals surface area contributed by atoms with Crippen molar-refractivity contribution in [1.82, 2.24) is 4.90 Å². The van der Waals surface area contributed by atoms with E-state index in [0.717, 1.165) is 23.4 Å². The van der Waals surface area contributed by atoms with Gasteiger partial charge >= 0.3 is 5.97 Å². The van der Waals surface area contributed by atoms with Crippen LogP contribution in [-0.4, -0.2) is 50.3 Å². The van der Waals surface area contributed by atoms with Crippen molar-refractivity contribution in [2.24, 2.45) is 5.92 Å². The largest absolute Gasteiger partial charge is 0.497 e. The molecule has 2 unspecified atom stereocenters. The van der Waals surface area contributed by atoms with Crippen molar-refractivity contribution in [3.63, 3.8) is 0 Å². The van der Waals surface area contributed by atoms with Gasteiger partial charge in [-0.1, -0.05) is 17.7 Å². The molecule has 1 fully saturated rings. The van der Waals surface area contributed by atoms with Crippen molar-refractivity contribution in [1.29, 1.82) is 0 Å². The van der Waals surface area contributed by atoms with Crippen LogP contribution in [0.1, 0.15) is 31.7 Å². The number of carbonyl (C=O) groups excluding carboxylic acids is 1. The van der Waals surface area contributed by atoms with Gasteiger partial charge in [-0.2, -0.15) is 0 Å². The Hall–Kier alpha value is -1.85. The van der Waals surface area contributed by atoms with E-state index >= 15 is 0 Å². The van der Waals surface area contributed by atoms with Gasteiger partial charge in [0.2, 0.25) is 0 Å². The minimum absolute atomic E-state index is 0.0102. The van der Waals surface area contributed by atoms with Crippen LogP contribution in [0.4, 0.5) is 0 Å². The summed E-state index contributed by atoms with van der Waals surface area (Å²) < 4.78 is 10.3. The van der Waals surface area contributed by atoms with Crippen LogP contribution in [0.2, 0.25) is 0 Å². The van der Waals surface area contributed by atoms with Gasteiger partial charge in [0.15, 0.2) is 0 Å². The molecule has 5 nitrogen and oxygen atoms in total. The highest BCUT2D eigenvalue weighted by Gasteiger charge is 2.42. The molecule has 0 amide bonds. The highest BCUT2D eigenvalue weighted by atomic mass is 16.5. The van der Waals surface area contributed by atoms with Crippen molar-refractivity contribution in [2.75, 3.05) is 34.4 Å². The summed E-state index contributed by atoms with van der Waals surface area (Å²) in [5.41, 5.74) is 0.969. The van der Waals surface area contributed by atoms with Crippen LogP contribution in [0.25, 0.3) is 0 Å². The Kier molecular flexibility index (Phi) is 6.62. The average molecular weight is 347 g/mol. The molecule has 0 bridgehead atoms. The van der Waals surface area contributed by atoms with E-state index in [1.54, 1.807) is 20.1 Å². The average Bonchev–Trinajstić information content (AvgIpc) is 2.58. The summed E-state index contributed by atoms with van der Waals surface area (Å²) in [6.45, 7) is 2.90.